The molecule has 0 aromatic heterocycles. The number of nitrogens with zero attached hydrogens (tertiary/aromatic N) is 1. The van der Waals surface area contributed by atoms with Gasteiger partial charge in [-0.25, -0.2) is 10.2 Å². The molecule has 0 heterocycles. The normalized spacial score (nSPS) is 10.6. The molecule has 0 radical (unpaired) electrons. The third-order valence-corrected chi connectivity index (χ3v) is 4.45. The van der Waals surface area contributed by atoms with Gasteiger partial charge in [-0.2, -0.15) is 5.10 Å². The number of amides is 1. The third kappa shape index (κ3) is 6.07. The van der Waals surface area contributed by atoms with Gasteiger partial charge in [-0.3, -0.25) is 4.79 Å². The van der Waals surface area contributed by atoms with Crippen molar-refractivity contribution in [2.75, 3.05) is 13.2 Å². The zero-order chi connectivity index (χ0) is 19.8. The molecule has 2 aromatic carbocycles. The Labute approximate surface area is 172 Å². The monoisotopic (exact) mass is 498 g/mol. The number of carbonyl (C=O) groups excluding carboxylic acids is 1. The summed E-state index contributed by atoms with van der Waals surface area (Å²) in [5.41, 5.74) is 3.54. The van der Waals surface area contributed by atoms with Gasteiger partial charge in [0.25, 0.3) is 5.91 Å². The van der Waals surface area contributed by atoms with Gasteiger partial charge >= 0.3 is 5.97 Å². The molecule has 0 saturated heterocycles. The molecule has 2 N–H and O–H groups in total. The summed E-state index contributed by atoms with van der Waals surface area (Å²) in [6.45, 7) is 1.68. The summed E-state index contributed by atoms with van der Waals surface area (Å²) in [7, 11) is 0. The van der Waals surface area contributed by atoms with Crippen LogP contribution in [-0.2, 0) is 4.79 Å². The van der Waals surface area contributed by atoms with E-state index in [1.165, 1.54) is 6.21 Å². The number of hydrogen-bond acceptors (Lipinski definition) is 5. The Balaban J connectivity index is 2.15. The first kappa shape index (κ1) is 20.9. The van der Waals surface area contributed by atoms with Crippen molar-refractivity contribution in [2.45, 2.75) is 6.92 Å². The first-order valence-corrected chi connectivity index (χ1v) is 9.39. The maximum atomic E-state index is 12.1. The maximum Gasteiger partial charge on any atom is 0.341 e. The molecule has 2 rings (SSSR count). The van der Waals surface area contributed by atoms with Gasteiger partial charge in [0.15, 0.2) is 18.1 Å². The van der Waals surface area contributed by atoms with E-state index in [1.54, 1.807) is 37.3 Å². The van der Waals surface area contributed by atoms with Gasteiger partial charge < -0.3 is 14.6 Å². The van der Waals surface area contributed by atoms with Crippen LogP contribution in [0.3, 0.4) is 0 Å². The minimum absolute atomic E-state index is 0.286. The van der Waals surface area contributed by atoms with Crippen LogP contribution in [0.2, 0.25) is 0 Å². The molecule has 0 aliphatic rings. The van der Waals surface area contributed by atoms with Crippen LogP contribution < -0.4 is 14.9 Å². The molecule has 1 amide bonds. The number of aliphatic carboxylic acids is 1. The number of carboxylic acid groups (broad SMARTS) is 1. The lowest BCUT2D eigenvalue weighted by molar-refractivity contribution is -0.139. The number of hydrogen-bond donors (Lipinski definition) is 2. The molecule has 2 aromatic rings. The second-order valence-electron chi connectivity index (χ2n) is 5.12. The van der Waals surface area contributed by atoms with Crippen molar-refractivity contribution < 1.29 is 24.2 Å². The van der Waals surface area contributed by atoms with Crippen molar-refractivity contribution in [2.24, 2.45) is 5.10 Å². The lowest BCUT2D eigenvalue weighted by Crippen LogP contribution is -2.18. The fourth-order valence-corrected chi connectivity index (χ4v) is 3.11. The number of ether oxygens (including phenoxy) is 2. The molecule has 0 aliphatic heterocycles. The number of nitrogens with one attached hydrogen (secondary N) is 1. The van der Waals surface area contributed by atoms with Gasteiger partial charge in [0.1, 0.15) is 0 Å². The topological polar surface area (TPSA) is 97.2 Å². The van der Waals surface area contributed by atoms with Crippen molar-refractivity contribution >= 4 is 50.0 Å². The largest absolute Gasteiger partial charge is 0.490 e. The summed E-state index contributed by atoms with van der Waals surface area (Å²) in [4.78, 5) is 22.9. The lowest BCUT2D eigenvalue weighted by Gasteiger charge is -2.13. The predicted octanol–water partition coefficient (Wildman–Crippen LogP) is 3.84. The van der Waals surface area contributed by atoms with E-state index in [0.29, 0.717) is 32.4 Å². The summed E-state index contributed by atoms with van der Waals surface area (Å²) >= 11 is 6.64. The van der Waals surface area contributed by atoms with E-state index in [4.69, 9.17) is 14.6 Å². The molecule has 9 heteroatoms. The van der Waals surface area contributed by atoms with E-state index in [-0.39, 0.29) is 11.7 Å². The molecule has 142 valence electrons. The number of carbonyl (C=O) groups is 2. The van der Waals surface area contributed by atoms with Crippen LogP contribution in [0.15, 0.2) is 50.4 Å². The Kier molecular flexibility index (Phi) is 7.81. The number of hydrazone groups is 1. The van der Waals surface area contributed by atoms with Crippen LogP contribution in [-0.4, -0.2) is 36.4 Å². The minimum Gasteiger partial charge on any atom is -0.490 e. The van der Waals surface area contributed by atoms with Crippen LogP contribution in [0.25, 0.3) is 0 Å². The first-order valence-electron chi connectivity index (χ1n) is 7.81. The fourth-order valence-electron chi connectivity index (χ4n) is 2.07. The molecule has 0 aliphatic carbocycles. The van der Waals surface area contributed by atoms with Gasteiger partial charge in [0, 0.05) is 4.47 Å². The number of benzene rings is 2. The Bertz CT molecular complexity index is 871. The van der Waals surface area contributed by atoms with Gasteiger partial charge in [-0.1, -0.05) is 12.1 Å². The fraction of sp³-hybridized carbons (Fsp3) is 0.167. The molecule has 7 nitrogen and oxygen atoms in total. The Morgan fingerprint density at radius 2 is 1.93 bits per heavy atom. The van der Waals surface area contributed by atoms with Crippen molar-refractivity contribution in [1.29, 1.82) is 0 Å². The Morgan fingerprint density at radius 1 is 1.19 bits per heavy atom. The Morgan fingerprint density at radius 3 is 2.59 bits per heavy atom. The van der Waals surface area contributed by atoms with Gasteiger partial charge in [0.05, 0.1) is 22.9 Å². The van der Waals surface area contributed by atoms with Crippen molar-refractivity contribution in [1.82, 2.24) is 5.43 Å². The number of halogens is 2. The van der Waals surface area contributed by atoms with E-state index in [2.05, 4.69) is 42.4 Å². The van der Waals surface area contributed by atoms with Crippen LogP contribution in [0, 0.1) is 0 Å². The van der Waals surface area contributed by atoms with Crippen LogP contribution >= 0.6 is 31.9 Å². The molecule has 0 atom stereocenters. The van der Waals surface area contributed by atoms with E-state index >= 15 is 0 Å². The van der Waals surface area contributed by atoms with E-state index < -0.39 is 12.6 Å². The van der Waals surface area contributed by atoms with Crippen molar-refractivity contribution in [3.63, 3.8) is 0 Å². The van der Waals surface area contributed by atoms with Crippen LogP contribution in [0.1, 0.15) is 22.8 Å². The first-order chi connectivity index (χ1) is 12.9. The molecule has 0 saturated carbocycles. The zero-order valence-corrected chi connectivity index (χ0v) is 17.4. The molecule has 0 bridgehead atoms. The number of rotatable bonds is 8. The smallest absolute Gasteiger partial charge is 0.341 e. The van der Waals surface area contributed by atoms with Crippen molar-refractivity contribution in [3.05, 3.63) is 56.5 Å². The lowest BCUT2D eigenvalue weighted by atomic mass is 10.2. The summed E-state index contributed by atoms with van der Waals surface area (Å²) in [6.07, 6.45) is 1.45. The molecule has 0 fully saturated rings. The van der Waals surface area contributed by atoms with E-state index in [0.717, 1.165) is 0 Å². The summed E-state index contributed by atoms with van der Waals surface area (Å²) in [5.74, 6) is -0.797. The molecule has 0 unspecified atom stereocenters. The highest BCUT2D eigenvalue weighted by Gasteiger charge is 2.13. The Hall–Kier alpha value is -2.39. The summed E-state index contributed by atoms with van der Waals surface area (Å²) < 4.78 is 11.9. The van der Waals surface area contributed by atoms with Gasteiger partial charge in [-0.15, -0.1) is 0 Å². The van der Waals surface area contributed by atoms with Gasteiger partial charge in [0.2, 0.25) is 0 Å². The SMILES string of the molecule is CCOc1cc(C=NNC(=O)c2ccccc2Br)cc(Br)c1OCC(=O)O. The quantitative estimate of drug-likeness (QED) is 0.425. The molecule has 0 spiro atoms. The second-order valence-corrected chi connectivity index (χ2v) is 6.83. The highest BCUT2D eigenvalue weighted by Crippen LogP contribution is 2.36. The molecular weight excluding hydrogens is 484 g/mol. The van der Waals surface area contributed by atoms with Gasteiger partial charge in [-0.05, 0) is 68.6 Å². The van der Waals surface area contributed by atoms with Crippen molar-refractivity contribution in [3.8, 4) is 11.5 Å². The third-order valence-electron chi connectivity index (χ3n) is 3.17. The van der Waals surface area contributed by atoms with E-state index in [9.17, 15) is 9.59 Å². The van der Waals surface area contributed by atoms with Crippen LogP contribution in [0.4, 0.5) is 0 Å². The molecular formula is C18H16Br2N2O5. The summed E-state index contributed by atoms with van der Waals surface area (Å²) in [6, 6.07) is 10.3. The average Bonchev–Trinajstić information content (AvgIpc) is 2.61. The second kappa shape index (κ2) is 10.1. The zero-order valence-electron chi connectivity index (χ0n) is 14.2. The maximum absolute atomic E-state index is 12.1. The molecule has 27 heavy (non-hydrogen) atoms. The minimum atomic E-state index is -1.09. The highest BCUT2D eigenvalue weighted by molar-refractivity contribution is 9.10. The predicted molar refractivity (Wildman–Crippen MR) is 108 cm³/mol. The van der Waals surface area contributed by atoms with Crippen LogP contribution in [0.5, 0.6) is 11.5 Å². The number of carboxylic acids is 1. The standard InChI is InChI=1S/C18H16Br2N2O5/c1-2-26-15-8-11(7-14(20)17(15)27-10-16(23)24)9-21-22-18(25)12-5-3-4-6-13(12)19/h3-9H,2,10H2,1H3,(H,22,25)(H,23,24). The van der Waals surface area contributed by atoms with E-state index in [1.807, 2.05) is 6.07 Å². The highest BCUT2D eigenvalue weighted by atomic mass is 79.9. The average molecular weight is 500 g/mol. The summed E-state index contributed by atoms with van der Waals surface area (Å²) in [5, 5.41) is 12.7.